The molecule has 5 nitrogen and oxygen atoms in total. The molecular formula is C60H50N2O3. The summed E-state index contributed by atoms with van der Waals surface area (Å²) in [6.45, 7) is 9.20. The summed E-state index contributed by atoms with van der Waals surface area (Å²) in [7, 11) is 2.09. The van der Waals surface area contributed by atoms with Crippen LogP contribution >= 0.6 is 0 Å². The Morgan fingerprint density at radius 1 is 0.569 bits per heavy atom. The smallest absolute Gasteiger partial charge is 0.159 e. The van der Waals surface area contributed by atoms with Crippen LogP contribution in [0.15, 0.2) is 177 Å². The second-order valence-electron chi connectivity index (χ2n) is 17.4. The van der Waals surface area contributed by atoms with Crippen LogP contribution < -0.4 is 20.2 Å². The molecule has 12 rings (SSSR count). The first-order chi connectivity index (χ1) is 31.9. The molecule has 0 saturated heterocycles. The Hall–Kier alpha value is -7.76. The van der Waals surface area contributed by atoms with Crippen molar-refractivity contribution in [2.24, 2.45) is 5.92 Å². The van der Waals surface area contributed by atoms with E-state index in [1.54, 1.807) is 0 Å². The van der Waals surface area contributed by atoms with Crippen molar-refractivity contribution in [1.29, 1.82) is 0 Å². The first-order valence-corrected chi connectivity index (χ1v) is 22.6. The molecule has 0 fully saturated rings. The van der Waals surface area contributed by atoms with Gasteiger partial charge < -0.3 is 23.1 Å². The molecule has 5 heteroatoms. The molecule has 11 aromatic rings. The van der Waals surface area contributed by atoms with Gasteiger partial charge in [-0.3, -0.25) is 0 Å². The molecule has 0 saturated carbocycles. The zero-order chi connectivity index (χ0) is 44.2. The lowest BCUT2D eigenvalue weighted by Gasteiger charge is -2.27. The molecule has 318 valence electrons. The highest BCUT2D eigenvalue weighted by Gasteiger charge is 2.25. The van der Waals surface area contributed by atoms with Gasteiger partial charge in [-0.25, -0.2) is 0 Å². The number of aryl methyl sites for hydroxylation is 2. The summed E-state index contributed by atoms with van der Waals surface area (Å²) in [5.41, 5.74) is 12.6. The third-order valence-corrected chi connectivity index (χ3v) is 13.1. The molecule has 1 unspecified atom stereocenters. The maximum absolute atomic E-state index is 6.88. The van der Waals surface area contributed by atoms with E-state index in [4.69, 9.17) is 13.3 Å². The predicted octanol–water partition coefficient (Wildman–Crippen LogP) is 15.4. The summed E-state index contributed by atoms with van der Waals surface area (Å²) in [6, 6.07) is 55.1. The summed E-state index contributed by atoms with van der Waals surface area (Å²) in [4.78, 5) is 4.57. The van der Waals surface area contributed by atoms with Crippen LogP contribution in [0.2, 0.25) is 0 Å². The van der Waals surface area contributed by atoms with Crippen molar-refractivity contribution in [3.05, 3.63) is 197 Å². The first kappa shape index (κ1) is 40.0. The van der Waals surface area contributed by atoms with Gasteiger partial charge in [0.05, 0.1) is 17.9 Å². The van der Waals surface area contributed by atoms with E-state index < -0.39 is 0 Å². The molecule has 8 aromatic carbocycles. The highest BCUT2D eigenvalue weighted by atomic mass is 16.3. The Labute approximate surface area is 378 Å². The van der Waals surface area contributed by atoms with Gasteiger partial charge in [-0.2, -0.15) is 0 Å². The second-order valence-corrected chi connectivity index (χ2v) is 17.4. The van der Waals surface area contributed by atoms with E-state index in [0.29, 0.717) is 12.5 Å². The summed E-state index contributed by atoms with van der Waals surface area (Å²) in [5, 5.41) is 10.8. The molecule has 0 N–H and O–H groups in total. The minimum absolute atomic E-state index is 0.530. The molecule has 0 radical (unpaired) electrons. The number of furan rings is 3. The van der Waals surface area contributed by atoms with Crippen molar-refractivity contribution < 1.29 is 13.3 Å². The Balaban J connectivity index is 0.000000178. The zero-order valence-electron chi connectivity index (χ0n) is 37.4. The Bertz CT molecular complexity index is 3770. The average molecular weight is 847 g/mol. The lowest BCUT2D eigenvalue weighted by atomic mass is 9.95. The van der Waals surface area contributed by atoms with Crippen LogP contribution in [-0.2, 0) is 6.54 Å². The molecule has 65 heavy (non-hydrogen) atoms. The molecule has 3 aromatic heterocycles. The SMILES string of the molecule is C/C=C\c1c(CN(c2ccccc2C)c2cc3ccccc3c3c2oc2ccc4c(c23)=CCC(C)C=4)oc2ccccc12.Cc1ccccc1N(C)c1cccc2c1oc1ccccc12. The van der Waals surface area contributed by atoms with E-state index in [0.717, 1.165) is 78.9 Å². The summed E-state index contributed by atoms with van der Waals surface area (Å²) in [6.07, 6.45) is 10.1. The second kappa shape index (κ2) is 16.4. The van der Waals surface area contributed by atoms with E-state index >= 15 is 0 Å². The van der Waals surface area contributed by atoms with Crippen LogP contribution in [0.25, 0.3) is 83.8 Å². The van der Waals surface area contributed by atoms with Crippen LogP contribution in [0.1, 0.15) is 42.7 Å². The monoisotopic (exact) mass is 846 g/mol. The number of nitrogens with zero attached hydrogens (tertiary/aromatic N) is 2. The van der Waals surface area contributed by atoms with Crippen molar-refractivity contribution in [2.75, 3.05) is 16.8 Å². The third kappa shape index (κ3) is 6.95. The Morgan fingerprint density at radius 2 is 1.20 bits per heavy atom. The average Bonchev–Trinajstić information content (AvgIpc) is 4.03. The van der Waals surface area contributed by atoms with Gasteiger partial charge in [-0.05, 0) is 108 Å². The summed E-state index contributed by atoms with van der Waals surface area (Å²) in [5.74, 6) is 1.46. The van der Waals surface area contributed by atoms with Crippen LogP contribution in [0.5, 0.6) is 0 Å². The van der Waals surface area contributed by atoms with E-state index in [1.165, 1.54) is 48.8 Å². The standard InChI is InChI=1S/C40H33NO2.C20H17NO/c1-4-11-31-32-15-8-10-17-35(32)42-37(31)24-41(33-16-9-5-12-26(33)3)34-23-27-13-6-7-14-29(27)39-38-30-20-18-25(2)22-28(30)19-21-36(38)43-40(34)39;1-14-8-3-5-11-17(14)21(2)18-12-7-10-16-15-9-4-6-13-19(15)22-20(16)18/h4-17,19-23,25H,18,24H2,1-3H3;3-13H,1-2H3/b11-4-;. The van der Waals surface area contributed by atoms with Crippen LogP contribution in [-0.4, -0.2) is 7.05 Å². The number of fused-ring (bicyclic) bond motifs is 11. The number of hydrogen-bond donors (Lipinski definition) is 0. The van der Waals surface area contributed by atoms with Crippen LogP contribution in [0, 0.1) is 19.8 Å². The first-order valence-electron chi connectivity index (χ1n) is 22.6. The fourth-order valence-corrected chi connectivity index (χ4v) is 9.94. The lowest BCUT2D eigenvalue weighted by Crippen LogP contribution is -2.28. The molecule has 3 heterocycles. The number of benzene rings is 8. The maximum Gasteiger partial charge on any atom is 0.159 e. The Kier molecular flexibility index (Phi) is 10.1. The van der Waals surface area contributed by atoms with Gasteiger partial charge in [0.1, 0.15) is 22.5 Å². The van der Waals surface area contributed by atoms with Gasteiger partial charge >= 0.3 is 0 Å². The minimum atomic E-state index is 0.530. The highest BCUT2D eigenvalue weighted by molar-refractivity contribution is 6.23. The topological polar surface area (TPSA) is 45.9 Å². The van der Waals surface area contributed by atoms with Crippen molar-refractivity contribution in [2.45, 2.75) is 40.7 Å². The number of hydrogen-bond acceptors (Lipinski definition) is 5. The largest absolute Gasteiger partial charge is 0.459 e. The fraction of sp³-hybridized carbons (Fsp3) is 0.133. The van der Waals surface area contributed by atoms with Gasteiger partial charge in [0.25, 0.3) is 0 Å². The predicted molar refractivity (Wildman–Crippen MR) is 274 cm³/mol. The normalized spacial score (nSPS) is 13.6. The molecule has 0 amide bonds. The van der Waals surface area contributed by atoms with Gasteiger partial charge in [0, 0.05) is 50.9 Å². The van der Waals surface area contributed by atoms with Crippen molar-refractivity contribution in [3.63, 3.8) is 0 Å². The molecule has 1 aliphatic rings. The highest BCUT2D eigenvalue weighted by Crippen LogP contribution is 2.44. The molecule has 1 atom stereocenters. The lowest BCUT2D eigenvalue weighted by molar-refractivity contribution is 0.548. The Morgan fingerprint density at radius 3 is 1.97 bits per heavy atom. The van der Waals surface area contributed by atoms with Gasteiger partial charge in [0.15, 0.2) is 11.2 Å². The number of anilines is 4. The van der Waals surface area contributed by atoms with Crippen LogP contribution in [0.4, 0.5) is 22.7 Å². The van der Waals surface area contributed by atoms with Gasteiger partial charge in [-0.1, -0.05) is 146 Å². The number of allylic oxidation sites excluding steroid dienone is 1. The molecule has 0 aliphatic heterocycles. The van der Waals surface area contributed by atoms with Crippen molar-refractivity contribution >= 4 is 107 Å². The van der Waals surface area contributed by atoms with E-state index in [2.05, 4.69) is 208 Å². The number of rotatable bonds is 7. The third-order valence-electron chi connectivity index (χ3n) is 13.1. The molecule has 0 bridgehead atoms. The molecule has 0 spiro atoms. The number of para-hydroxylation sites is 5. The van der Waals surface area contributed by atoms with E-state index in [9.17, 15) is 0 Å². The minimum Gasteiger partial charge on any atom is -0.459 e. The van der Waals surface area contributed by atoms with Crippen molar-refractivity contribution in [1.82, 2.24) is 0 Å². The summed E-state index contributed by atoms with van der Waals surface area (Å²) < 4.78 is 19.6. The maximum atomic E-state index is 6.88. The quantitative estimate of drug-likeness (QED) is 0.160. The van der Waals surface area contributed by atoms with Crippen molar-refractivity contribution in [3.8, 4) is 0 Å². The molecular weight excluding hydrogens is 797 g/mol. The molecule has 1 aliphatic carbocycles. The van der Waals surface area contributed by atoms with E-state index in [-0.39, 0.29) is 0 Å². The van der Waals surface area contributed by atoms with Gasteiger partial charge in [-0.15, -0.1) is 0 Å². The fourth-order valence-electron chi connectivity index (χ4n) is 9.94. The van der Waals surface area contributed by atoms with Crippen LogP contribution in [0.3, 0.4) is 0 Å². The summed E-state index contributed by atoms with van der Waals surface area (Å²) >= 11 is 0. The zero-order valence-corrected chi connectivity index (χ0v) is 37.4. The van der Waals surface area contributed by atoms with Gasteiger partial charge in [0.2, 0.25) is 0 Å². The van der Waals surface area contributed by atoms with E-state index in [1.807, 2.05) is 18.2 Å².